The summed E-state index contributed by atoms with van der Waals surface area (Å²) < 4.78 is 31.2. The van der Waals surface area contributed by atoms with Crippen LogP contribution in [0.25, 0.3) is 0 Å². The predicted molar refractivity (Wildman–Crippen MR) is 107 cm³/mol. The van der Waals surface area contributed by atoms with Crippen LogP contribution >= 0.6 is 0 Å². The average Bonchev–Trinajstić information content (AvgIpc) is 3.19. The van der Waals surface area contributed by atoms with Crippen molar-refractivity contribution in [3.8, 4) is 0 Å². The molecule has 0 aromatic heterocycles. The lowest BCUT2D eigenvalue weighted by Gasteiger charge is -2.22. The first-order chi connectivity index (χ1) is 13.2. The van der Waals surface area contributed by atoms with Gasteiger partial charge in [0.25, 0.3) is 5.91 Å². The predicted octanol–water partition coefficient (Wildman–Crippen LogP) is 1.61. The van der Waals surface area contributed by atoms with E-state index in [0.29, 0.717) is 5.69 Å². The monoisotopic (exact) mass is 411 g/mol. The second kappa shape index (κ2) is 9.38. The largest absolute Gasteiger partial charge is 0.452 e. The summed E-state index contributed by atoms with van der Waals surface area (Å²) in [6.45, 7) is 4.97. The smallest absolute Gasteiger partial charge is 0.340 e. The molecule has 156 valence electrons. The molecule has 1 atom stereocenters. The minimum atomic E-state index is -3.70. The Kier molecular flexibility index (Phi) is 7.42. The Morgan fingerprint density at radius 2 is 1.89 bits per heavy atom. The molecule has 0 bridgehead atoms. The summed E-state index contributed by atoms with van der Waals surface area (Å²) in [5, 5.41) is 2.73. The number of anilines is 1. The topological polar surface area (TPSA) is 96.0 Å². The highest BCUT2D eigenvalue weighted by Gasteiger charge is 2.25. The number of rotatable bonds is 8. The van der Waals surface area contributed by atoms with Crippen LogP contribution in [-0.4, -0.2) is 64.4 Å². The van der Waals surface area contributed by atoms with Gasteiger partial charge in [-0.2, -0.15) is 0 Å². The molecule has 0 saturated carbocycles. The molecule has 28 heavy (non-hydrogen) atoms. The number of nitrogens with zero attached hydrogens (tertiary/aromatic N) is 2. The molecule has 0 spiro atoms. The van der Waals surface area contributed by atoms with E-state index in [0.717, 1.165) is 36.7 Å². The molecule has 1 saturated heterocycles. The third kappa shape index (κ3) is 5.23. The van der Waals surface area contributed by atoms with E-state index in [1.807, 2.05) is 18.7 Å². The number of amides is 1. The molecule has 8 nitrogen and oxygen atoms in total. The first-order valence-corrected chi connectivity index (χ1v) is 10.9. The zero-order valence-electron chi connectivity index (χ0n) is 16.9. The molecule has 1 aliphatic rings. The Morgan fingerprint density at radius 3 is 2.46 bits per heavy atom. The van der Waals surface area contributed by atoms with Crippen LogP contribution in [-0.2, 0) is 19.6 Å². The molecule has 0 unspecified atom stereocenters. The van der Waals surface area contributed by atoms with Gasteiger partial charge in [-0.3, -0.25) is 4.79 Å². The molecule has 1 fully saturated rings. The van der Waals surface area contributed by atoms with Crippen molar-refractivity contribution in [3.63, 3.8) is 0 Å². The normalized spacial score (nSPS) is 15.5. The number of hydrogen-bond donors (Lipinski definition) is 1. The van der Waals surface area contributed by atoms with Gasteiger partial charge in [-0.1, -0.05) is 6.92 Å². The van der Waals surface area contributed by atoms with Gasteiger partial charge in [-0.25, -0.2) is 17.5 Å². The lowest BCUT2D eigenvalue weighted by atomic mass is 10.1. The zero-order chi connectivity index (χ0) is 20.9. The lowest BCUT2D eigenvalue weighted by Crippen LogP contribution is -2.35. The number of hydrogen-bond acceptors (Lipinski definition) is 6. The van der Waals surface area contributed by atoms with Crippen LogP contribution in [0.5, 0.6) is 0 Å². The van der Waals surface area contributed by atoms with Gasteiger partial charge in [0.15, 0.2) is 6.61 Å². The number of benzene rings is 1. The van der Waals surface area contributed by atoms with Crippen LogP contribution in [0, 0.1) is 0 Å². The van der Waals surface area contributed by atoms with Gasteiger partial charge in [-0.15, -0.1) is 0 Å². The summed E-state index contributed by atoms with van der Waals surface area (Å²) in [6, 6.07) is 4.45. The molecule has 1 aromatic carbocycles. The van der Waals surface area contributed by atoms with E-state index in [1.165, 1.54) is 26.2 Å². The molecule has 1 aliphatic heterocycles. The van der Waals surface area contributed by atoms with Gasteiger partial charge >= 0.3 is 5.97 Å². The number of esters is 1. The molecular formula is C19H29N3O5S. The third-order valence-corrected chi connectivity index (χ3v) is 6.58. The Bertz CT molecular complexity index is 817. The van der Waals surface area contributed by atoms with Gasteiger partial charge in [0.05, 0.1) is 16.1 Å². The highest BCUT2D eigenvalue weighted by atomic mass is 32.2. The van der Waals surface area contributed by atoms with Crippen molar-refractivity contribution in [1.29, 1.82) is 0 Å². The van der Waals surface area contributed by atoms with E-state index in [4.69, 9.17) is 4.74 Å². The molecule has 0 radical (unpaired) electrons. The molecular weight excluding hydrogens is 382 g/mol. The fourth-order valence-corrected chi connectivity index (χ4v) is 3.84. The SMILES string of the molecule is CC[C@H](C)NC(=O)COC(=O)c1cc(S(=O)(=O)N(C)C)ccc1N1CCCC1. The molecule has 1 heterocycles. The Morgan fingerprint density at radius 1 is 1.25 bits per heavy atom. The fraction of sp³-hybridized carbons (Fsp3) is 0.579. The van der Waals surface area contributed by atoms with E-state index in [2.05, 4.69) is 5.32 Å². The minimum absolute atomic E-state index is 0.0106. The van der Waals surface area contributed by atoms with Crippen molar-refractivity contribution in [2.24, 2.45) is 0 Å². The summed E-state index contributed by atoms with van der Waals surface area (Å²) >= 11 is 0. The maximum Gasteiger partial charge on any atom is 0.340 e. The van der Waals surface area contributed by atoms with Crippen molar-refractivity contribution < 1.29 is 22.7 Å². The van der Waals surface area contributed by atoms with Crippen LogP contribution < -0.4 is 10.2 Å². The van der Waals surface area contributed by atoms with E-state index < -0.39 is 22.6 Å². The first-order valence-electron chi connectivity index (χ1n) is 9.44. The van der Waals surface area contributed by atoms with Gasteiger partial charge in [0, 0.05) is 33.2 Å². The number of carbonyl (C=O) groups excluding carboxylic acids is 2. The molecule has 2 rings (SSSR count). The quantitative estimate of drug-likeness (QED) is 0.653. The van der Waals surface area contributed by atoms with Gasteiger partial charge in [0.1, 0.15) is 0 Å². The van der Waals surface area contributed by atoms with Crippen LogP contribution in [0.1, 0.15) is 43.5 Å². The van der Waals surface area contributed by atoms with Crippen LogP contribution in [0.4, 0.5) is 5.69 Å². The molecule has 9 heteroatoms. The van der Waals surface area contributed by atoms with Crippen molar-refractivity contribution in [3.05, 3.63) is 23.8 Å². The molecule has 1 amide bonds. The van der Waals surface area contributed by atoms with Gasteiger partial charge in [0.2, 0.25) is 10.0 Å². The van der Waals surface area contributed by atoms with Crippen molar-refractivity contribution in [2.75, 3.05) is 38.7 Å². The van der Waals surface area contributed by atoms with Crippen LogP contribution in [0.15, 0.2) is 23.1 Å². The number of ether oxygens (including phenoxy) is 1. The number of carbonyl (C=O) groups is 2. The Labute approximate surface area is 166 Å². The Balaban J connectivity index is 2.27. The minimum Gasteiger partial charge on any atom is -0.452 e. The average molecular weight is 412 g/mol. The van der Waals surface area contributed by atoms with E-state index in [9.17, 15) is 18.0 Å². The lowest BCUT2D eigenvalue weighted by molar-refractivity contribution is -0.124. The fourth-order valence-electron chi connectivity index (χ4n) is 2.91. The van der Waals surface area contributed by atoms with Crippen molar-refractivity contribution >= 4 is 27.6 Å². The molecule has 0 aliphatic carbocycles. The van der Waals surface area contributed by atoms with Crippen molar-refractivity contribution in [1.82, 2.24) is 9.62 Å². The van der Waals surface area contributed by atoms with E-state index in [1.54, 1.807) is 6.07 Å². The highest BCUT2D eigenvalue weighted by Crippen LogP contribution is 2.28. The Hall–Kier alpha value is -2.13. The molecule has 1 aromatic rings. The van der Waals surface area contributed by atoms with Gasteiger partial charge < -0.3 is 15.0 Å². The van der Waals surface area contributed by atoms with Crippen LogP contribution in [0.3, 0.4) is 0 Å². The second-order valence-electron chi connectivity index (χ2n) is 7.11. The van der Waals surface area contributed by atoms with Gasteiger partial charge in [-0.05, 0) is 44.4 Å². The summed E-state index contributed by atoms with van der Waals surface area (Å²) in [6.07, 6.45) is 2.77. The summed E-state index contributed by atoms with van der Waals surface area (Å²) in [4.78, 5) is 26.6. The summed E-state index contributed by atoms with van der Waals surface area (Å²) in [5.41, 5.74) is 0.781. The van der Waals surface area contributed by atoms with Crippen LogP contribution in [0.2, 0.25) is 0 Å². The summed E-state index contributed by atoms with van der Waals surface area (Å²) in [5.74, 6) is -1.10. The molecule has 1 N–H and O–H groups in total. The number of sulfonamides is 1. The zero-order valence-corrected chi connectivity index (χ0v) is 17.7. The number of nitrogens with one attached hydrogen (secondary N) is 1. The van der Waals surface area contributed by atoms with E-state index in [-0.39, 0.29) is 22.4 Å². The third-order valence-electron chi connectivity index (χ3n) is 4.77. The van der Waals surface area contributed by atoms with Crippen molar-refractivity contribution in [2.45, 2.75) is 44.0 Å². The standard InChI is InChI=1S/C19H29N3O5S/c1-5-14(2)20-18(23)13-27-19(24)16-12-15(28(25,26)21(3)4)8-9-17(16)22-10-6-7-11-22/h8-9,12,14H,5-7,10-11,13H2,1-4H3,(H,20,23)/t14-/m0/s1. The maximum atomic E-state index is 12.7. The first kappa shape index (κ1) is 22.2. The van der Waals surface area contributed by atoms with E-state index >= 15 is 0 Å². The second-order valence-corrected chi connectivity index (χ2v) is 9.27. The highest BCUT2D eigenvalue weighted by molar-refractivity contribution is 7.89. The summed E-state index contributed by atoms with van der Waals surface area (Å²) in [7, 11) is -0.833. The maximum absolute atomic E-state index is 12.7.